The minimum absolute atomic E-state index is 0. The number of likely N-dealkylation sites (tertiary alicyclic amines) is 1. The van der Waals surface area contributed by atoms with Crippen molar-refractivity contribution in [3.05, 3.63) is 29.8 Å². The molecule has 0 aromatic heterocycles. The van der Waals surface area contributed by atoms with E-state index in [4.69, 9.17) is 10.5 Å². The number of amides is 3. The number of carbonyl (C=O) groups is 3. The fourth-order valence-corrected chi connectivity index (χ4v) is 3.79. The molecular weight excluding hydrogens is 432 g/mol. The van der Waals surface area contributed by atoms with Crippen molar-refractivity contribution in [1.29, 1.82) is 0 Å². The molecule has 1 aromatic carbocycles. The molecule has 2 rings (SSSR count). The Hall–Kier alpha value is -2.32. The van der Waals surface area contributed by atoms with E-state index < -0.39 is 12.1 Å². The number of para-hydroxylation sites is 1. The van der Waals surface area contributed by atoms with Crippen LogP contribution in [0.3, 0.4) is 0 Å². The molecule has 0 spiro atoms. The van der Waals surface area contributed by atoms with Crippen LogP contribution < -0.4 is 21.1 Å². The van der Waals surface area contributed by atoms with Crippen LogP contribution >= 0.6 is 12.4 Å². The molecule has 32 heavy (non-hydrogen) atoms. The van der Waals surface area contributed by atoms with Crippen molar-refractivity contribution < 1.29 is 19.1 Å². The lowest BCUT2D eigenvalue weighted by Gasteiger charge is -2.33. The maximum absolute atomic E-state index is 12.6. The Morgan fingerprint density at radius 1 is 1.16 bits per heavy atom. The van der Waals surface area contributed by atoms with Gasteiger partial charge in [0.15, 0.2) is 0 Å². The monoisotopic (exact) mass is 468 g/mol. The van der Waals surface area contributed by atoms with Crippen molar-refractivity contribution >= 4 is 30.1 Å². The summed E-state index contributed by atoms with van der Waals surface area (Å²) in [7, 11) is 1.58. The number of nitrogens with two attached hydrogens (primary N) is 1. The molecule has 1 saturated heterocycles. The zero-order valence-electron chi connectivity index (χ0n) is 19.4. The number of halogens is 1. The van der Waals surface area contributed by atoms with Gasteiger partial charge in [0.1, 0.15) is 11.8 Å². The lowest BCUT2D eigenvalue weighted by molar-refractivity contribution is -0.137. The Morgan fingerprint density at radius 3 is 2.38 bits per heavy atom. The number of methoxy groups -OCH3 is 1. The normalized spacial score (nSPS) is 16.0. The van der Waals surface area contributed by atoms with Crippen LogP contribution in [0, 0.1) is 11.8 Å². The van der Waals surface area contributed by atoms with E-state index in [1.807, 2.05) is 38.1 Å². The smallest absolute Gasteiger partial charge is 0.242 e. The molecule has 4 N–H and O–H groups in total. The van der Waals surface area contributed by atoms with Crippen molar-refractivity contribution in [3.8, 4) is 5.75 Å². The molecule has 2 atom stereocenters. The Morgan fingerprint density at radius 2 is 1.78 bits per heavy atom. The number of hydrogen-bond donors (Lipinski definition) is 3. The van der Waals surface area contributed by atoms with Crippen LogP contribution in [-0.4, -0.2) is 54.9 Å². The second-order valence-electron chi connectivity index (χ2n) is 8.60. The van der Waals surface area contributed by atoms with E-state index in [1.54, 1.807) is 18.9 Å². The molecule has 8 nitrogen and oxygen atoms in total. The summed E-state index contributed by atoms with van der Waals surface area (Å²) < 4.78 is 5.28. The summed E-state index contributed by atoms with van der Waals surface area (Å²) in [6.07, 6.45) is 1.80. The first-order valence-electron chi connectivity index (χ1n) is 11.0. The predicted octanol–water partition coefficient (Wildman–Crippen LogP) is 1.85. The highest BCUT2D eigenvalue weighted by Gasteiger charge is 2.30. The van der Waals surface area contributed by atoms with E-state index in [0.717, 1.165) is 5.56 Å². The van der Waals surface area contributed by atoms with Crippen molar-refractivity contribution in [2.24, 2.45) is 17.6 Å². The van der Waals surface area contributed by atoms with Gasteiger partial charge in [-0.1, -0.05) is 32.0 Å². The summed E-state index contributed by atoms with van der Waals surface area (Å²) >= 11 is 0. The number of carbonyl (C=O) groups excluding carboxylic acids is 3. The molecule has 1 aliphatic rings. The maximum atomic E-state index is 12.6. The van der Waals surface area contributed by atoms with Gasteiger partial charge >= 0.3 is 0 Å². The molecule has 9 heteroatoms. The highest BCUT2D eigenvalue weighted by Crippen LogP contribution is 2.19. The largest absolute Gasteiger partial charge is 0.496 e. The molecule has 1 aromatic rings. The lowest BCUT2D eigenvalue weighted by Crippen LogP contribution is -2.51. The van der Waals surface area contributed by atoms with Crippen LogP contribution in [0.1, 0.15) is 45.6 Å². The molecule has 1 aliphatic heterocycles. The van der Waals surface area contributed by atoms with Crippen LogP contribution in [0.15, 0.2) is 24.3 Å². The fourth-order valence-electron chi connectivity index (χ4n) is 3.79. The number of nitrogens with one attached hydrogen (secondary N) is 2. The molecule has 1 heterocycles. The van der Waals surface area contributed by atoms with E-state index >= 15 is 0 Å². The highest BCUT2D eigenvalue weighted by molar-refractivity contribution is 5.88. The van der Waals surface area contributed by atoms with Crippen LogP contribution in [0.5, 0.6) is 5.75 Å². The van der Waals surface area contributed by atoms with Gasteiger partial charge in [0.25, 0.3) is 0 Å². The number of hydrogen-bond acceptors (Lipinski definition) is 5. The number of ether oxygens (including phenoxy) is 1. The van der Waals surface area contributed by atoms with E-state index in [2.05, 4.69) is 10.6 Å². The maximum Gasteiger partial charge on any atom is 0.242 e. The zero-order chi connectivity index (χ0) is 23.0. The molecule has 0 bridgehead atoms. The first-order valence-corrected chi connectivity index (χ1v) is 11.0. The zero-order valence-corrected chi connectivity index (χ0v) is 20.2. The highest BCUT2D eigenvalue weighted by atomic mass is 35.5. The Labute approximate surface area is 197 Å². The molecular formula is C23H37ClN4O4. The molecule has 0 radical (unpaired) electrons. The summed E-state index contributed by atoms with van der Waals surface area (Å²) in [5.41, 5.74) is 6.87. The van der Waals surface area contributed by atoms with Gasteiger partial charge in [-0.05, 0) is 38.2 Å². The number of rotatable bonds is 9. The second-order valence-corrected chi connectivity index (χ2v) is 8.60. The van der Waals surface area contributed by atoms with Gasteiger partial charge in [0.2, 0.25) is 17.7 Å². The lowest BCUT2D eigenvalue weighted by atomic mass is 9.94. The average Bonchev–Trinajstić information content (AvgIpc) is 2.76. The summed E-state index contributed by atoms with van der Waals surface area (Å²) in [5, 5.41) is 5.63. The third-order valence-corrected chi connectivity index (χ3v) is 5.62. The van der Waals surface area contributed by atoms with Gasteiger partial charge in [0.05, 0.1) is 13.2 Å². The molecule has 0 unspecified atom stereocenters. The van der Waals surface area contributed by atoms with Crippen LogP contribution in [0.4, 0.5) is 0 Å². The van der Waals surface area contributed by atoms with Crippen molar-refractivity contribution in [3.63, 3.8) is 0 Å². The van der Waals surface area contributed by atoms with E-state index in [0.29, 0.717) is 50.6 Å². The third kappa shape index (κ3) is 7.98. The third-order valence-electron chi connectivity index (χ3n) is 5.62. The second kappa shape index (κ2) is 13.3. The predicted molar refractivity (Wildman–Crippen MR) is 126 cm³/mol. The summed E-state index contributed by atoms with van der Waals surface area (Å²) in [4.78, 5) is 39.2. The number of benzene rings is 1. The standard InChI is InChI=1S/C23H36N4O4.ClH/c1-15(2)13-19(24)23(30)27-11-9-17(10-12-27)22(29)26-16(3)21(28)25-14-18-7-5-6-8-20(18)31-4;/h5-8,15-17,19H,9-14,24H2,1-4H3,(H,25,28)(H,26,29);1H/t16-,19-;/m0./s1. The van der Waals surface area contributed by atoms with Crippen LogP contribution in [-0.2, 0) is 20.9 Å². The van der Waals surface area contributed by atoms with E-state index in [-0.39, 0.29) is 36.0 Å². The summed E-state index contributed by atoms with van der Waals surface area (Å²) in [6, 6.07) is 6.31. The Bertz CT molecular complexity index is 766. The minimum atomic E-state index is -0.652. The van der Waals surface area contributed by atoms with Gasteiger partial charge in [0, 0.05) is 31.1 Å². The average molecular weight is 469 g/mol. The van der Waals surface area contributed by atoms with Crippen LogP contribution in [0.2, 0.25) is 0 Å². The first kappa shape index (κ1) is 27.7. The van der Waals surface area contributed by atoms with Gasteiger partial charge < -0.3 is 26.0 Å². The minimum Gasteiger partial charge on any atom is -0.496 e. The van der Waals surface area contributed by atoms with Gasteiger partial charge in [-0.3, -0.25) is 14.4 Å². The molecule has 3 amide bonds. The number of piperidine rings is 1. The SMILES string of the molecule is COc1ccccc1CNC(=O)[C@H](C)NC(=O)C1CCN(C(=O)[C@@H](N)CC(C)C)CC1.Cl. The molecule has 0 aliphatic carbocycles. The van der Waals surface area contributed by atoms with Crippen molar-refractivity contribution in [2.75, 3.05) is 20.2 Å². The van der Waals surface area contributed by atoms with E-state index in [1.165, 1.54) is 0 Å². The fraction of sp³-hybridized carbons (Fsp3) is 0.609. The van der Waals surface area contributed by atoms with Gasteiger partial charge in [-0.25, -0.2) is 0 Å². The van der Waals surface area contributed by atoms with Gasteiger partial charge in [-0.2, -0.15) is 0 Å². The Balaban J connectivity index is 0.00000512. The van der Waals surface area contributed by atoms with Gasteiger partial charge in [-0.15, -0.1) is 12.4 Å². The van der Waals surface area contributed by atoms with Crippen molar-refractivity contribution in [2.45, 2.75) is 58.7 Å². The quantitative estimate of drug-likeness (QED) is 0.511. The summed E-state index contributed by atoms with van der Waals surface area (Å²) in [6.45, 7) is 7.09. The van der Waals surface area contributed by atoms with E-state index in [9.17, 15) is 14.4 Å². The topological polar surface area (TPSA) is 114 Å². The Kier molecular flexibility index (Phi) is 11.5. The number of nitrogens with zero attached hydrogens (tertiary/aromatic N) is 1. The molecule has 180 valence electrons. The molecule has 1 fully saturated rings. The first-order chi connectivity index (χ1) is 14.7. The van der Waals surface area contributed by atoms with Crippen LogP contribution in [0.25, 0.3) is 0 Å². The summed E-state index contributed by atoms with van der Waals surface area (Å²) in [5.74, 6) is 0.392. The molecule has 0 saturated carbocycles. The van der Waals surface area contributed by atoms with Crippen molar-refractivity contribution in [1.82, 2.24) is 15.5 Å².